The normalized spacial score (nSPS) is 15.5. The summed E-state index contributed by atoms with van der Waals surface area (Å²) in [6, 6.07) is 12.8. The van der Waals surface area contributed by atoms with Gasteiger partial charge in [-0.25, -0.2) is 4.39 Å². The third kappa shape index (κ3) is 3.34. The van der Waals surface area contributed by atoms with Crippen LogP contribution in [0.4, 0.5) is 15.8 Å². The molecule has 1 heterocycles. The number of anilines is 1. The van der Waals surface area contributed by atoms with Crippen LogP contribution in [0.5, 0.6) is 0 Å². The van der Waals surface area contributed by atoms with Crippen molar-refractivity contribution in [2.45, 2.75) is 6.92 Å². The van der Waals surface area contributed by atoms with E-state index in [-0.39, 0.29) is 5.82 Å². The van der Waals surface area contributed by atoms with Crippen LogP contribution >= 0.6 is 0 Å². The fourth-order valence-electron chi connectivity index (χ4n) is 2.52. The zero-order valence-corrected chi connectivity index (χ0v) is 12.6. The number of benzene rings is 2. The Hall–Kier alpha value is -2.20. The Bertz CT molecular complexity index is 679. The summed E-state index contributed by atoms with van der Waals surface area (Å²) in [7, 11) is 0. The van der Waals surface area contributed by atoms with Crippen molar-refractivity contribution in [3.8, 4) is 0 Å². The summed E-state index contributed by atoms with van der Waals surface area (Å²) in [6.07, 6.45) is 1.72. The van der Waals surface area contributed by atoms with Crippen molar-refractivity contribution in [1.29, 1.82) is 0 Å². The summed E-state index contributed by atoms with van der Waals surface area (Å²) in [4.78, 5) is 6.56. The average Bonchev–Trinajstić information content (AvgIpc) is 2.56. The second-order valence-electron chi connectivity index (χ2n) is 5.35. The number of hydrogen-bond donors (Lipinski definition) is 0. The molecule has 0 aliphatic carbocycles. The maximum Gasteiger partial charge on any atom is 0.148 e. The summed E-state index contributed by atoms with van der Waals surface area (Å²) in [5.74, 6) is -0.304. The summed E-state index contributed by atoms with van der Waals surface area (Å²) < 4.78 is 18.9. The van der Waals surface area contributed by atoms with Gasteiger partial charge in [0.15, 0.2) is 0 Å². The quantitative estimate of drug-likeness (QED) is 0.807. The number of nitrogens with zero attached hydrogens (tertiary/aromatic N) is 2. The van der Waals surface area contributed by atoms with Crippen molar-refractivity contribution in [2.75, 3.05) is 31.2 Å². The zero-order valence-electron chi connectivity index (χ0n) is 12.6. The van der Waals surface area contributed by atoms with Gasteiger partial charge >= 0.3 is 0 Å². The number of morpholine rings is 1. The van der Waals surface area contributed by atoms with E-state index in [0.29, 0.717) is 5.69 Å². The summed E-state index contributed by atoms with van der Waals surface area (Å²) in [5, 5.41) is 0. The van der Waals surface area contributed by atoms with E-state index >= 15 is 0 Å². The summed E-state index contributed by atoms with van der Waals surface area (Å²) >= 11 is 0. The molecule has 0 radical (unpaired) electrons. The smallest absolute Gasteiger partial charge is 0.148 e. The second kappa shape index (κ2) is 6.71. The fraction of sp³-hybridized carbons (Fsp3) is 0.278. The fourth-order valence-corrected chi connectivity index (χ4v) is 2.52. The van der Waals surface area contributed by atoms with Gasteiger partial charge in [0, 0.05) is 25.0 Å². The molecule has 1 saturated heterocycles. The minimum atomic E-state index is -0.304. The summed E-state index contributed by atoms with van der Waals surface area (Å²) in [6.45, 7) is 5.43. The van der Waals surface area contributed by atoms with Crippen molar-refractivity contribution < 1.29 is 9.13 Å². The molecule has 0 N–H and O–H groups in total. The molecule has 4 heteroatoms. The zero-order chi connectivity index (χ0) is 15.4. The molecule has 3 rings (SSSR count). The molecule has 0 atom stereocenters. The number of ether oxygens (including phenoxy) is 1. The highest BCUT2D eigenvalue weighted by molar-refractivity contribution is 5.84. The van der Waals surface area contributed by atoms with Gasteiger partial charge in [-0.05, 0) is 42.3 Å². The number of halogens is 1. The highest BCUT2D eigenvalue weighted by atomic mass is 19.1. The first-order valence-electron chi connectivity index (χ1n) is 7.46. The van der Waals surface area contributed by atoms with Crippen LogP contribution in [0.1, 0.15) is 11.1 Å². The van der Waals surface area contributed by atoms with Crippen LogP contribution in [0.15, 0.2) is 47.5 Å². The van der Waals surface area contributed by atoms with Gasteiger partial charge in [-0.15, -0.1) is 0 Å². The van der Waals surface area contributed by atoms with Gasteiger partial charge in [0.25, 0.3) is 0 Å². The van der Waals surface area contributed by atoms with Gasteiger partial charge in [0.2, 0.25) is 0 Å². The monoisotopic (exact) mass is 298 g/mol. The van der Waals surface area contributed by atoms with Crippen LogP contribution in [-0.2, 0) is 4.74 Å². The second-order valence-corrected chi connectivity index (χ2v) is 5.35. The van der Waals surface area contributed by atoms with E-state index in [1.807, 2.05) is 13.0 Å². The van der Waals surface area contributed by atoms with Crippen LogP contribution in [-0.4, -0.2) is 32.5 Å². The van der Waals surface area contributed by atoms with Gasteiger partial charge in [-0.1, -0.05) is 18.2 Å². The number of aliphatic imine (C=N–C) groups is 1. The molecule has 0 saturated carbocycles. The molecule has 3 nitrogen and oxygen atoms in total. The van der Waals surface area contributed by atoms with Crippen LogP contribution in [0, 0.1) is 12.7 Å². The molecule has 1 aliphatic rings. The average molecular weight is 298 g/mol. The van der Waals surface area contributed by atoms with Crippen LogP contribution in [0.3, 0.4) is 0 Å². The van der Waals surface area contributed by atoms with E-state index in [2.05, 4.69) is 22.0 Å². The molecule has 0 bridgehead atoms. The molecule has 114 valence electrons. The topological polar surface area (TPSA) is 24.8 Å². The third-order valence-electron chi connectivity index (χ3n) is 3.82. The largest absolute Gasteiger partial charge is 0.378 e. The third-order valence-corrected chi connectivity index (χ3v) is 3.82. The van der Waals surface area contributed by atoms with Gasteiger partial charge in [-0.2, -0.15) is 0 Å². The Morgan fingerprint density at radius 2 is 1.91 bits per heavy atom. The first-order valence-corrected chi connectivity index (χ1v) is 7.46. The maximum atomic E-state index is 13.6. The predicted molar refractivity (Wildman–Crippen MR) is 87.9 cm³/mol. The molecule has 0 aromatic heterocycles. The Balaban J connectivity index is 1.79. The van der Waals surface area contributed by atoms with Gasteiger partial charge in [0.05, 0.1) is 18.9 Å². The van der Waals surface area contributed by atoms with E-state index in [0.717, 1.165) is 37.4 Å². The highest BCUT2D eigenvalue weighted by Gasteiger charge is 2.11. The van der Waals surface area contributed by atoms with E-state index in [1.54, 1.807) is 24.4 Å². The van der Waals surface area contributed by atoms with E-state index in [1.165, 1.54) is 11.8 Å². The molecule has 0 unspecified atom stereocenters. The molecule has 1 fully saturated rings. The minimum absolute atomic E-state index is 0.304. The maximum absolute atomic E-state index is 13.6. The first-order chi connectivity index (χ1) is 10.7. The van der Waals surface area contributed by atoms with Crippen LogP contribution < -0.4 is 4.90 Å². The minimum Gasteiger partial charge on any atom is -0.378 e. The standard InChI is InChI=1S/C18H19FN2O/c1-14-12-16(21-8-10-22-11-9-21)7-6-15(14)13-20-18-5-3-2-4-17(18)19/h2-7,12-13H,8-11H2,1H3. The van der Waals surface area contributed by atoms with Gasteiger partial charge < -0.3 is 9.64 Å². The molecular formula is C18H19FN2O. The van der Waals surface area contributed by atoms with Crippen molar-refractivity contribution >= 4 is 17.6 Å². The van der Waals surface area contributed by atoms with Crippen molar-refractivity contribution in [1.82, 2.24) is 0 Å². The molecule has 0 amide bonds. The molecule has 0 spiro atoms. The Kier molecular flexibility index (Phi) is 4.49. The molecule has 1 aliphatic heterocycles. The lowest BCUT2D eigenvalue weighted by atomic mass is 10.1. The van der Waals surface area contributed by atoms with Crippen LogP contribution in [0.25, 0.3) is 0 Å². The lowest BCUT2D eigenvalue weighted by molar-refractivity contribution is 0.122. The van der Waals surface area contributed by atoms with Gasteiger partial charge in [0.1, 0.15) is 5.82 Å². The molecule has 22 heavy (non-hydrogen) atoms. The number of para-hydroxylation sites is 1. The van der Waals surface area contributed by atoms with Crippen LogP contribution in [0.2, 0.25) is 0 Å². The molecular weight excluding hydrogens is 279 g/mol. The lowest BCUT2D eigenvalue weighted by Crippen LogP contribution is -2.36. The lowest BCUT2D eigenvalue weighted by Gasteiger charge is -2.29. The predicted octanol–water partition coefficient (Wildman–Crippen LogP) is 3.72. The van der Waals surface area contributed by atoms with Gasteiger partial charge in [-0.3, -0.25) is 4.99 Å². The summed E-state index contributed by atoms with van der Waals surface area (Å²) in [5.41, 5.74) is 3.69. The Labute approximate surface area is 130 Å². The number of hydrogen-bond acceptors (Lipinski definition) is 3. The molecule has 2 aromatic carbocycles. The SMILES string of the molecule is Cc1cc(N2CCOCC2)ccc1C=Nc1ccccc1F. The van der Waals surface area contributed by atoms with Crippen molar-refractivity contribution in [3.63, 3.8) is 0 Å². The first kappa shape index (κ1) is 14.7. The van der Waals surface area contributed by atoms with E-state index < -0.39 is 0 Å². The Morgan fingerprint density at radius 3 is 2.64 bits per heavy atom. The van der Waals surface area contributed by atoms with E-state index in [9.17, 15) is 4.39 Å². The number of aryl methyl sites for hydroxylation is 1. The highest BCUT2D eigenvalue weighted by Crippen LogP contribution is 2.21. The van der Waals surface area contributed by atoms with Crippen molar-refractivity contribution in [3.05, 3.63) is 59.4 Å². The van der Waals surface area contributed by atoms with E-state index in [4.69, 9.17) is 4.74 Å². The van der Waals surface area contributed by atoms with Crippen molar-refractivity contribution in [2.24, 2.45) is 4.99 Å². The molecule has 2 aromatic rings. The Morgan fingerprint density at radius 1 is 1.14 bits per heavy atom. The number of rotatable bonds is 3.